The van der Waals surface area contributed by atoms with Crippen LogP contribution in [0.3, 0.4) is 0 Å². The third-order valence-corrected chi connectivity index (χ3v) is 7.76. The van der Waals surface area contributed by atoms with Crippen molar-refractivity contribution >= 4 is 26.2 Å². The second kappa shape index (κ2) is 5.33. The van der Waals surface area contributed by atoms with Gasteiger partial charge >= 0.3 is 121 Å². The standard InChI is InChI=1S/C16H15IO2/c1-2-5-12-8-10-13(11-9-12)17-15-7-4-3-6-14(15)16(18)19-17/h3-4,6-11H,2,5H2,1H3. The second-order valence-electron chi connectivity index (χ2n) is 4.47. The predicted molar refractivity (Wildman–Crippen MR) is 83.7 cm³/mol. The fourth-order valence-corrected chi connectivity index (χ4v) is 6.42. The van der Waals surface area contributed by atoms with Crippen LogP contribution in [-0.2, 0) is 9.49 Å². The molecular formula is C16H15IO2. The van der Waals surface area contributed by atoms with Gasteiger partial charge in [-0.1, -0.05) is 0 Å². The molecule has 1 heterocycles. The first-order valence-electron chi connectivity index (χ1n) is 6.40. The average molecular weight is 366 g/mol. The van der Waals surface area contributed by atoms with E-state index < -0.39 is 20.2 Å². The molecule has 0 saturated heterocycles. The fourth-order valence-electron chi connectivity index (χ4n) is 2.15. The van der Waals surface area contributed by atoms with Crippen LogP contribution in [-0.4, -0.2) is 5.97 Å². The summed E-state index contributed by atoms with van der Waals surface area (Å²) in [7, 11) is 0. The molecule has 0 amide bonds. The predicted octanol–water partition coefficient (Wildman–Crippen LogP) is 4.27. The zero-order chi connectivity index (χ0) is 13.2. The maximum absolute atomic E-state index is 11.8. The van der Waals surface area contributed by atoms with E-state index in [2.05, 4.69) is 31.2 Å². The summed E-state index contributed by atoms with van der Waals surface area (Å²) in [5.74, 6) is -0.154. The number of hydrogen-bond acceptors (Lipinski definition) is 2. The van der Waals surface area contributed by atoms with Crippen molar-refractivity contribution in [1.29, 1.82) is 0 Å². The Balaban J connectivity index is 1.93. The van der Waals surface area contributed by atoms with E-state index in [1.807, 2.05) is 24.3 Å². The zero-order valence-corrected chi connectivity index (χ0v) is 12.9. The molecule has 0 radical (unpaired) electrons. The molecule has 3 heteroatoms. The number of carbonyl (C=O) groups excluding carboxylic acids is 1. The third-order valence-electron chi connectivity index (χ3n) is 3.08. The summed E-state index contributed by atoms with van der Waals surface area (Å²) in [6.45, 7) is 2.18. The number of benzene rings is 2. The minimum absolute atomic E-state index is 0.154. The van der Waals surface area contributed by atoms with Crippen molar-refractivity contribution in [3.05, 3.63) is 66.8 Å². The zero-order valence-electron chi connectivity index (χ0n) is 10.7. The normalized spacial score (nSPS) is 15.2. The molecule has 1 aliphatic rings. The van der Waals surface area contributed by atoms with Gasteiger partial charge in [0, 0.05) is 0 Å². The molecule has 0 spiro atoms. The van der Waals surface area contributed by atoms with Gasteiger partial charge in [0.15, 0.2) is 0 Å². The van der Waals surface area contributed by atoms with E-state index in [9.17, 15) is 4.79 Å². The van der Waals surface area contributed by atoms with Gasteiger partial charge in [-0.3, -0.25) is 0 Å². The van der Waals surface area contributed by atoms with Gasteiger partial charge in [0.1, 0.15) is 0 Å². The number of halogens is 1. The Morgan fingerprint density at radius 1 is 1.05 bits per heavy atom. The summed E-state index contributed by atoms with van der Waals surface area (Å²) in [6.07, 6.45) is 2.25. The molecule has 19 heavy (non-hydrogen) atoms. The second-order valence-corrected chi connectivity index (χ2v) is 8.74. The quantitative estimate of drug-likeness (QED) is 0.759. The van der Waals surface area contributed by atoms with Gasteiger partial charge in [0.25, 0.3) is 0 Å². The van der Waals surface area contributed by atoms with Gasteiger partial charge < -0.3 is 0 Å². The van der Waals surface area contributed by atoms with Crippen LogP contribution >= 0.6 is 20.2 Å². The Morgan fingerprint density at radius 2 is 1.79 bits per heavy atom. The van der Waals surface area contributed by atoms with E-state index >= 15 is 0 Å². The first-order chi connectivity index (χ1) is 9.29. The Kier molecular flexibility index (Phi) is 3.55. The van der Waals surface area contributed by atoms with Crippen LogP contribution in [0.4, 0.5) is 0 Å². The van der Waals surface area contributed by atoms with E-state index in [4.69, 9.17) is 3.07 Å². The molecule has 0 unspecified atom stereocenters. The molecule has 0 saturated carbocycles. The van der Waals surface area contributed by atoms with Crippen LogP contribution in [0.5, 0.6) is 0 Å². The SMILES string of the molecule is CCCc1ccc(I2OC(=O)c3ccccc32)cc1. The molecule has 2 nitrogen and oxygen atoms in total. The number of hydrogen-bond donors (Lipinski definition) is 0. The number of aryl methyl sites for hydroxylation is 1. The van der Waals surface area contributed by atoms with Crippen LogP contribution in [0.15, 0.2) is 48.5 Å². The molecule has 0 atom stereocenters. The van der Waals surface area contributed by atoms with Crippen molar-refractivity contribution < 1.29 is 7.86 Å². The number of carbonyl (C=O) groups is 1. The van der Waals surface area contributed by atoms with Crippen LogP contribution in [0, 0.1) is 7.14 Å². The summed E-state index contributed by atoms with van der Waals surface area (Å²) in [5, 5.41) is 0. The number of fused-ring (bicyclic) bond motifs is 1. The average Bonchev–Trinajstić information content (AvgIpc) is 2.78. The molecule has 2 aromatic carbocycles. The van der Waals surface area contributed by atoms with Gasteiger partial charge in [-0.05, 0) is 0 Å². The first kappa shape index (κ1) is 12.7. The first-order valence-corrected chi connectivity index (χ1v) is 9.44. The molecule has 98 valence electrons. The molecular weight excluding hydrogens is 351 g/mol. The van der Waals surface area contributed by atoms with Crippen molar-refractivity contribution in [2.24, 2.45) is 0 Å². The van der Waals surface area contributed by atoms with E-state index in [0.29, 0.717) is 0 Å². The van der Waals surface area contributed by atoms with E-state index in [1.54, 1.807) is 0 Å². The summed E-state index contributed by atoms with van der Waals surface area (Å²) < 4.78 is 7.96. The monoisotopic (exact) mass is 366 g/mol. The molecule has 0 N–H and O–H groups in total. The fraction of sp³-hybridized carbons (Fsp3) is 0.188. The van der Waals surface area contributed by atoms with Gasteiger partial charge in [-0.2, -0.15) is 0 Å². The Labute approximate surface area is 120 Å². The van der Waals surface area contributed by atoms with E-state index in [-0.39, 0.29) is 5.97 Å². The minimum atomic E-state index is -1.98. The van der Waals surface area contributed by atoms with E-state index in [0.717, 1.165) is 22.0 Å². The van der Waals surface area contributed by atoms with Crippen LogP contribution in [0.25, 0.3) is 0 Å². The van der Waals surface area contributed by atoms with Crippen molar-refractivity contribution in [2.45, 2.75) is 19.8 Å². The maximum atomic E-state index is 11.8. The summed E-state index contributed by atoms with van der Waals surface area (Å²) in [6, 6.07) is 16.3. The van der Waals surface area contributed by atoms with Crippen LogP contribution in [0.2, 0.25) is 0 Å². The molecule has 0 aromatic heterocycles. The van der Waals surface area contributed by atoms with Gasteiger partial charge in [-0.15, -0.1) is 0 Å². The van der Waals surface area contributed by atoms with Crippen molar-refractivity contribution in [3.8, 4) is 0 Å². The van der Waals surface area contributed by atoms with Gasteiger partial charge in [-0.25, -0.2) is 0 Å². The Morgan fingerprint density at radius 3 is 2.53 bits per heavy atom. The summed E-state index contributed by atoms with van der Waals surface area (Å²) >= 11 is -1.98. The van der Waals surface area contributed by atoms with Gasteiger partial charge in [0.2, 0.25) is 0 Å². The Bertz CT molecular complexity index is 604. The summed E-state index contributed by atoms with van der Waals surface area (Å²) in [5.41, 5.74) is 2.10. The third kappa shape index (κ3) is 2.39. The molecule has 0 aliphatic carbocycles. The Hall–Kier alpha value is -1.36. The van der Waals surface area contributed by atoms with Crippen molar-refractivity contribution in [2.75, 3.05) is 0 Å². The van der Waals surface area contributed by atoms with Crippen LogP contribution in [0.1, 0.15) is 29.3 Å². The molecule has 2 aromatic rings. The van der Waals surface area contributed by atoms with Crippen molar-refractivity contribution in [3.63, 3.8) is 0 Å². The topological polar surface area (TPSA) is 26.3 Å². The summed E-state index contributed by atoms with van der Waals surface area (Å²) in [4.78, 5) is 11.8. The van der Waals surface area contributed by atoms with Crippen LogP contribution < -0.4 is 0 Å². The number of rotatable bonds is 3. The molecule has 1 aliphatic heterocycles. The molecule has 3 rings (SSSR count). The van der Waals surface area contributed by atoms with Crippen molar-refractivity contribution in [1.82, 2.24) is 0 Å². The molecule has 0 fully saturated rings. The van der Waals surface area contributed by atoms with E-state index in [1.165, 1.54) is 9.13 Å². The van der Waals surface area contributed by atoms with Gasteiger partial charge in [0.05, 0.1) is 0 Å². The molecule has 0 bridgehead atoms.